The number of ketones is 2. The summed E-state index contributed by atoms with van der Waals surface area (Å²) in [6.07, 6.45) is 4.75. The van der Waals surface area contributed by atoms with Crippen LogP contribution in [0.15, 0.2) is 52.7 Å². The fourth-order valence-corrected chi connectivity index (χ4v) is 3.21. The average Bonchev–Trinajstić information content (AvgIpc) is 3.07. The number of carbonyl (C=O) groups is 2. The van der Waals surface area contributed by atoms with E-state index < -0.39 is 11.7 Å². The van der Waals surface area contributed by atoms with Crippen LogP contribution in [0.4, 0.5) is 0 Å². The predicted octanol–water partition coefficient (Wildman–Crippen LogP) is 1.62. The quantitative estimate of drug-likeness (QED) is 0.472. The lowest BCUT2D eigenvalue weighted by molar-refractivity contribution is 0.0806. The van der Waals surface area contributed by atoms with E-state index >= 15 is 0 Å². The molecule has 5 heteroatoms. The molecular weight excluding hydrogens is 280 g/mol. The second kappa shape index (κ2) is 4.24. The number of hydrazone groups is 1. The van der Waals surface area contributed by atoms with Crippen molar-refractivity contribution in [3.63, 3.8) is 0 Å². The van der Waals surface area contributed by atoms with E-state index in [-0.39, 0.29) is 11.6 Å². The molecule has 1 aromatic carbocycles. The van der Waals surface area contributed by atoms with Crippen LogP contribution in [0.25, 0.3) is 0 Å². The molecule has 0 N–H and O–H groups in total. The van der Waals surface area contributed by atoms with E-state index in [0.29, 0.717) is 22.3 Å². The van der Waals surface area contributed by atoms with Gasteiger partial charge in [-0.2, -0.15) is 5.10 Å². The number of hydrogen-bond acceptors (Lipinski definition) is 5. The Morgan fingerprint density at radius 1 is 1.18 bits per heavy atom. The van der Waals surface area contributed by atoms with E-state index in [1.54, 1.807) is 49.6 Å². The molecular formula is C17H14N2O3. The lowest BCUT2D eigenvalue weighted by Gasteiger charge is -2.25. The summed E-state index contributed by atoms with van der Waals surface area (Å²) in [5, 5.41) is 5.84. The summed E-state index contributed by atoms with van der Waals surface area (Å²) >= 11 is 0. The Bertz CT molecular complexity index is 804. The fraction of sp³-hybridized carbons (Fsp3) is 0.235. The van der Waals surface area contributed by atoms with Crippen molar-refractivity contribution >= 4 is 17.8 Å². The van der Waals surface area contributed by atoms with Crippen LogP contribution in [0, 0.1) is 0 Å². The molecule has 2 atom stereocenters. The number of rotatable bonds is 2. The van der Waals surface area contributed by atoms with Crippen molar-refractivity contribution < 1.29 is 14.3 Å². The molecule has 5 nitrogen and oxygen atoms in total. The minimum absolute atomic E-state index is 0.125. The molecule has 1 aliphatic carbocycles. The zero-order valence-corrected chi connectivity index (χ0v) is 12.2. The van der Waals surface area contributed by atoms with Gasteiger partial charge in [0.1, 0.15) is 6.10 Å². The van der Waals surface area contributed by atoms with Crippen molar-refractivity contribution in [1.82, 2.24) is 5.01 Å². The van der Waals surface area contributed by atoms with Crippen molar-refractivity contribution in [3.05, 3.63) is 58.7 Å². The number of Topliss-reactive ketones (excluding diaryl/α,β-unsaturated/α-hetero) is 2. The molecule has 0 saturated carbocycles. The summed E-state index contributed by atoms with van der Waals surface area (Å²) in [6.45, 7) is 0. The molecule has 0 aromatic heterocycles. The van der Waals surface area contributed by atoms with Crippen LogP contribution >= 0.6 is 0 Å². The molecule has 110 valence electrons. The minimum atomic E-state index is -1.02. The standard InChI is InChI=1S/C17H14N2O3/c1-19(2)18-9-17-8-7-12(22-17)13-14(17)16(21)11-6-4-3-5-10(11)15(13)20/h3-9,12H,1-2H3/b18-9+. The molecule has 0 spiro atoms. The molecule has 2 heterocycles. The first-order valence-electron chi connectivity index (χ1n) is 7.06. The first-order chi connectivity index (χ1) is 10.5. The highest BCUT2D eigenvalue weighted by atomic mass is 16.5. The summed E-state index contributed by atoms with van der Waals surface area (Å²) in [7, 11) is 3.58. The van der Waals surface area contributed by atoms with Gasteiger partial charge in [-0.3, -0.25) is 9.59 Å². The fourth-order valence-electron chi connectivity index (χ4n) is 3.21. The smallest absolute Gasteiger partial charge is 0.193 e. The number of nitrogens with zero attached hydrogens (tertiary/aromatic N) is 2. The summed E-state index contributed by atoms with van der Waals surface area (Å²) in [5.74, 6) is -0.276. The molecule has 0 radical (unpaired) electrons. The van der Waals surface area contributed by atoms with Crippen LogP contribution in [-0.2, 0) is 4.74 Å². The van der Waals surface area contributed by atoms with Crippen molar-refractivity contribution in [2.75, 3.05) is 14.1 Å². The highest BCUT2D eigenvalue weighted by Crippen LogP contribution is 2.47. The normalized spacial score (nSPS) is 28.5. The van der Waals surface area contributed by atoms with E-state index in [1.807, 2.05) is 12.2 Å². The van der Waals surface area contributed by atoms with Gasteiger partial charge in [0.25, 0.3) is 0 Å². The zero-order valence-electron chi connectivity index (χ0n) is 12.2. The molecule has 2 aliphatic heterocycles. The number of fused-ring (bicyclic) bond motifs is 5. The highest BCUT2D eigenvalue weighted by Gasteiger charge is 2.55. The third-order valence-electron chi connectivity index (χ3n) is 4.15. The molecule has 0 fully saturated rings. The first-order valence-corrected chi connectivity index (χ1v) is 7.06. The molecule has 0 saturated heterocycles. The van der Waals surface area contributed by atoms with Gasteiger partial charge in [-0.15, -0.1) is 0 Å². The average molecular weight is 294 g/mol. The number of carbonyl (C=O) groups excluding carboxylic acids is 2. The Morgan fingerprint density at radius 2 is 1.86 bits per heavy atom. The van der Waals surface area contributed by atoms with Crippen molar-refractivity contribution in [1.29, 1.82) is 0 Å². The molecule has 2 unspecified atom stereocenters. The second-order valence-corrected chi connectivity index (χ2v) is 5.77. The molecule has 1 aromatic rings. The van der Waals surface area contributed by atoms with Gasteiger partial charge < -0.3 is 9.75 Å². The molecule has 3 aliphatic rings. The molecule has 4 rings (SSSR count). The molecule has 0 amide bonds. The predicted molar refractivity (Wildman–Crippen MR) is 81.1 cm³/mol. The van der Waals surface area contributed by atoms with Gasteiger partial charge in [0.2, 0.25) is 0 Å². The summed E-state index contributed by atoms with van der Waals surface area (Å²) in [5.41, 5.74) is 0.736. The summed E-state index contributed by atoms with van der Waals surface area (Å²) < 4.78 is 5.93. The lowest BCUT2D eigenvalue weighted by atomic mass is 9.75. The maximum atomic E-state index is 12.9. The van der Waals surface area contributed by atoms with Gasteiger partial charge in [0.05, 0.1) is 11.8 Å². The van der Waals surface area contributed by atoms with Crippen LogP contribution in [0.3, 0.4) is 0 Å². The van der Waals surface area contributed by atoms with E-state index in [4.69, 9.17) is 4.74 Å². The maximum absolute atomic E-state index is 12.9. The van der Waals surface area contributed by atoms with Gasteiger partial charge in [-0.1, -0.05) is 30.3 Å². The molecule has 22 heavy (non-hydrogen) atoms. The van der Waals surface area contributed by atoms with Gasteiger partial charge in [0.15, 0.2) is 17.2 Å². The van der Waals surface area contributed by atoms with Crippen LogP contribution in [0.2, 0.25) is 0 Å². The Hall–Kier alpha value is -2.53. The number of hydrogen-bond donors (Lipinski definition) is 0. The SMILES string of the molecule is CN(C)/N=C/C12C=CC(O1)C1=C2C(=O)c2ccccc2C1=O. The second-order valence-electron chi connectivity index (χ2n) is 5.77. The Labute approximate surface area is 127 Å². The van der Waals surface area contributed by atoms with Crippen LogP contribution in [-0.4, -0.2) is 48.6 Å². The Kier molecular flexibility index (Phi) is 2.53. The zero-order chi connectivity index (χ0) is 15.5. The van der Waals surface area contributed by atoms with Crippen molar-refractivity contribution in [2.24, 2.45) is 5.10 Å². The van der Waals surface area contributed by atoms with Crippen molar-refractivity contribution in [3.8, 4) is 0 Å². The highest BCUT2D eigenvalue weighted by molar-refractivity contribution is 6.30. The third kappa shape index (κ3) is 1.54. The topological polar surface area (TPSA) is 59.0 Å². The van der Waals surface area contributed by atoms with Gasteiger partial charge in [0, 0.05) is 30.8 Å². The maximum Gasteiger partial charge on any atom is 0.193 e. The van der Waals surface area contributed by atoms with E-state index in [1.165, 1.54) is 0 Å². The number of benzene rings is 1. The van der Waals surface area contributed by atoms with E-state index in [2.05, 4.69) is 5.10 Å². The van der Waals surface area contributed by atoms with Gasteiger partial charge in [-0.05, 0) is 6.08 Å². The Balaban J connectivity index is 1.90. The molecule has 2 bridgehead atoms. The third-order valence-corrected chi connectivity index (χ3v) is 4.15. The number of ether oxygens (including phenoxy) is 1. The van der Waals surface area contributed by atoms with E-state index in [0.717, 1.165) is 0 Å². The van der Waals surface area contributed by atoms with Crippen LogP contribution in [0.5, 0.6) is 0 Å². The van der Waals surface area contributed by atoms with Gasteiger partial charge >= 0.3 is 0 Å². The first kappa shape index (κ1) is 13.2. The monoisotopic (exact) mass is 294 g/mol. The van der Waals surface area contributed by atoms with Crippen LogP contribution < -0.4 is 0 Å². The summed E-state index contributed by atoms with van der Waals surface area (Å²) in [4.78, 5) is 25.6. The minimum Gasteiger partial charge on any atom is -0.348 e. The van der Waals surface area contributed by atoms with E-state index in [9.17, 15) is 9.59 Å². The lowest BCUT2D eigenvalue weighted by Crippen LogP contribution is -2.36. The Morgan fingerprint density at radius 3 is 2.55 bits per heavy atom. The van der Waals surface area contributed by atoms with Crippen LogP contribution in [0.1, 0.15) is 20.7 Å². The largest absolute Gasteiger partial charge is 0.348 e. The van der Waals surface area contributed by atoms with Gasteiger partial charge in [-0.25, -0.2) is 0 Å². The van der Waals surface area contributed by atoms with Crippen molar-refractivity contribution in [2.45, 2.75) is 11.7 Å². The summed E-state index contributed by atoms with van der Waals surface area (Å²) in [6, 6.07) is 6.91.